The third-order valence-corrected chi connectivity index (χ3v) is 7.37. The molecule has 6 nitrogen and oxygen atoms in total. The monoisotopic (exact) mass is 411 g/mol. The van der Waals surface area contributed by atoms with Crippen molar-refractivity contribution in [2.24, 2.45) is 11.8 Å². The summed E-state index contributed by atoms with van der Waals surface area (Å²) in [5.41, 5.74) is 0.781. The van der Waals surface area contributed by atoms with Gasteiger partial charge in [-0.3, -0.25) is 14.5 Å². The lowest BCUT2D eigenvalue weighted by Gasteiger charge is -2.41. The van der Waals surface area contributed by atoms with Gasteiger partial charge in [-0.2, -0.15) is 0 Å². The van der Waals surface area contributed by atoms with Gasteiger partial charge >= 0.3 is 6.03 Å². The van der Waals surface area contributed by atoms with Crippen LogP contribution in [-0.4, -0.2) is 47.3 Å². The Morgan fingerprint density at radius 3 is 2.43 bits per heavy atom. The van der Waals surface area contributed by atoms with Crippen LogP contribution in [0.15, 0.2) is 24.3 Å². The second-order valence-electron chi connectivity index (χ2n) is 9.66. The molecule has 2 saturated heterocycles. The first kappa shape index (κ1) is 20.9. The van der Waals surface area contributed by atoms with Crippen molar-refractivity contribution in [1.29, 1.82) is 0 Å². The Morgan fingerprint density at radius 1 is 1.10 bits per heavy atom. The molecule has 4 rings (SSSR count). The molecule has 0 bridgehead atoms. The minimum absolute atomic E-state index is 0.123. The third kappa shape index (κ3) is 3.72. The van der Waals surface area contributed by atoms with Crippen LogP contribution in [0, 0.1) is 11.8 Å². The van der Waals surface area contributed by atoms with Crippen molar-refractivity contribution in [1.82, 2.24) is 15.1 Å². The summed E-state index contributed by atoms with van der Waals surface area (Å²) < 4.78 is 0. The van der Waals surface area contributed by atoms with Gasteiger partial charge < -0.3 is 10.2 Å². The molecule has 3 fully saturated rings. The summed E-state index contributed by atoms with van der Waals surface area (Å²) >= 11 is 0. The Kier molecular flexibility index (Phi) is 5.60. The van der Waals surface area contributed by atoms with E-state index in [1.807, 2.05) is 29.2 Å². The zero-order valence-electron chi connectivity index (χ0n) is 18.3. The molecule has 1 aromatic carbocycles. The minimum atomic E-state index is -1.14. The number of hydrogen-bond donors (Lipinski definition) is 1. The Labute approximate surface area is 179 Å². The van der Waals surface area contributed by atoms with E-state index in [1.54, 1.807) is 6.92 Å². The van der Waals surface area contributed by atoms with Gasteiger partial charge in [-0.25, -0.2) is 4.79 Å². The van der Waals surface area contributed by atoms with Gasteiger partial charge in [-0.05, 0) is 48.6 Å². The lowest BCUT2D eigenvalue weighted by molar-refractivity contribution is -0.140. The van der Waals surface area contributed by atoms with E-state index in [0.29, 0.717) is 11.8 Å². The number of urea groups is 1. The van der Waals surface area contributed by atoms with Gasteiger partial charge in [0.05, 0.1) is 0 Å². The predicted molar refractivity (Wildman–Crippen MR) is 115 cm³/mol. The Balaban J connectivity index is 1.44. The topological polar surface area (TPSA) is 69.7 Å². The van der Waals surface area contributed by atoms with E-state index < -0.39 is 11.6 Å². The number of imide groups is 1. The van der Waals surface area contributed by atoms with E-state index in [0.717, 1.165) is 35.9 Å². The number of hydrogen-bond acceptors (Lipinski definition) is 3. The molecule has 2 aliphatic heterocycles. The number of fused-ring (bicyclic) bond motifs is 1. The summed E-state index contributed by atoms with van der Waals surface area (Å²) in [5, 5.41) is 2.82. The summed E-state index contributed by atoms with van der Waals surface area (Å²) in [5.74, 6) is 1.22. The van der Waals surface area contributed by atoms with Crippen molar-refractivity contribution in [3.05, 3.63) is 35.4 Å². The molecule has 4 amide bonds. The first-order chi connectivity index (χ1) is 14.3. The SMILES string of the molecule is CC(C)c1ccc([C@]2(C)NC(=O)N(CC(=O)N3CC[C@@H]4CCCC[C@@H]4C3)C2=O)cc1. The molecule has 1 aromatic rings. The lowest BCUT2D eigenvalue weighted by atomic mass is 9.75. The van der Waals surface area contributed by atoms with Crippen LogP contribution >= 0.6 is 0 Å². The molecule has 0 aromatic heterocycles. The van der Waals surface area contributed by atoms with E-state index in [4.69, 9.17) is 0 Å². The molecule has 0 unspecified atom stereocenters. The molecule has 1 aliphatic carbocycles. The number of nitrogens with zero attached hydrogens (tertiary/aromatic N) is 2. The quantitative estimate of drug-likeness (QED) is 0.770. The molecular weight excluding hydrogens is 378 g/mol. The number of benzene rings is 1. The summed E-state index contributed by atoms with van der Waals surface area (Å²) in [4.78, 5) is 41.7. The molecule has 3 atom stereocenters. The average molecular weight is 412 g/mol. The average Bonchev–Trinajstić information content (AvgIpc) is 2.97. The maximum atomic E-state index is 13.2. The molecule has 6 heteroatoms. The van der Waals surface area contributed by atoms with E-state index in [9.17, 15) is 14.4 Å². The van der Waals surface area contributed by atoms with Crippen LogP contribution in [0.5, 0.6) is 0 Å². The first-order valence-electron chi connectivity index (χ1n) is 11.3. The van der Waals surface area contributed by atoms with Crippen molar-refractivity contribution in [2.45, 2.75) is 64.3 Å². The predicted octanol–water partition coefficient (Wildman–Crippen LogP) is 3.62. The Bertz CT molecular complexity index is 835. The van der Waals surface area contributed by atoms with Crippen molar-refractivity contribution in [3.63, 3.8) is 0 Å². The van der Waals surface area contributed by atoms with Crippen LogP contribution in [0.25, 0.3) is 0 Å². The van der Waals surface area contributed by atoms with Crippen molar-refractivity contribution >= 4 is 17.8 Å². The van der Waals surface area contributed by atoms with Crippen LogP contribution < -0.4 is 5.32 Å². The van der Waals surface area contributed by atoms with Gasteiger partial charge in [-0.15, -0.1) is 0 Å². The molecule has 0 radical (unpaired) electrons. The van der Waals surface area contributed by atoms with Crippen molar-refractivity contribution in [3.8, 4) is 0 Å². The van der Waals surface area contributed by atoms with Crippen LogP contribution in [0.1, 0.15) is 69.9 Å². The standard InChI is InChI=1S/C24H33N3O3/c1-16(2)17-8-10-20(11-9-17)24(3)22(29)27(23(30)25-24)15-21(28)26-13-12-18-6-4-5-7-19(18)14-26/h8-11,16,18-19H,4-7,12-15H2,1-3H3,(H,25,30)/t18-,19+,24-/m0/s1. The highest BCUT2D eigenvalue weighted by molar-refractivity contribution is 6.09. The van der Waals surface area contributed by atoms with E-state index in [-0.39, 0.29) is 18.4 Å². The van der Waals surface area contributed by atoms with Crippen molar-refractivity contribution in [2.75, 3.05) is 19.6 Å². The van der Waals surface area contributed by atoms with E-state index in [1.165, 1.54) is 31.2 Å². The van der Waals surface area contributed by atoms with Gasteiger partial charge in [0.25, 0.3) is 5.91 Å². The van der Waals surface area contributed by atoms with Gasteiger partial charge in [0, 0.05) is 13.1 Å². The maximum Gasteiger partial charge on any atom is 0.325 e. The molecule has 2 heterocycles. The summed E-state index contributed by atoms with van der Waals surface area (Å²) in [7, 11) is 0. The molecule has 1 N–H and O–H groups in total. The van der Waals surface area contributed by atoms with Gasteiger partial charge in [0.2, 0.25) is 5.91 Å². The largest absolute Gasteiger partial charge is 0.341 e. The maximum absolute atomic E-state index is 13.2. The van der Waals surface area contributed by atoms with E-state index in [2.05, 4.69) is 19.2 Å². The number of likely N-dealkylation sites (tertiary alicyclic amines) is 1. The zero-order chi connectivity index (χ0) is 21.5. The molecule has 0 spiro atoms. The van der Waals surface area contributed by atoms with Crippen LogP contribution in [0.2, 0.25) is 0 Å². The molecule has 30 heavy (non-hydrogen) atoms. The fourth-order valence-electron chi connectivity index (χ4n) is 5.30. The highest BCUT2D eigenvalue weighted by atomic mass is 16.2. The molecule has 162 valence electrons. The number of nitrogens with one attached hydrogen (secondary N) is 1. The van der Waals surface area contributed by atoms with Gasteiger partial charge in [0.15, 0.2) is 0 Å². The number of piperidine rings is 1. The summed E-state index contributed by atoms with van der Waals surface area (Å²) in [6, 6.07) is 7.29. The Hall–Kier alpha value is -2.37. The second-order valence-corrected chi connectivity index (χ2v) is 9.66. The number of carbonyl (C=O) groups is 3. The van der Waals surface area contributed by atoms with Crippen molar-refractivity contribution < 1.29 is 14.4 Å². The fraction of sp³-hybridized carbons (Fsp3) is 0.625. The smallest absolute Gasteiger partial charge is 0.325 e. The van der Waals surface area contributed by atoms with Crippen LogP contribution in [0.3, 0.4) is 0 Å². The lowest BCUT2D eigenvalue weighted by Crippen LogP contribution is -2.49. The first-order valence-corrected chi connectivity index (χ1v) is 11.3. The van der Waals surface area contributed by atoms with Crippen LogP contribution in [0.4, 0.5) is 4.79 Å². The number of rotatable bonds is 4. The highest BCUT2D eigenvalue weighted by Gasteiger charge is 2.50. The summed E-state index contributed by atoms with van der Waals surface area (Å²) in [6.07, 6.45) is 6.03. The van der Waals surface area contributed by atoms with Gasteiger partial charge in [-0.1, -0.05) is 57.4 Å². The normalized spacial score (nSPS) is 29.2. The molecule has 3 aliphatic rings. The zero-order valence-corrected chi connectivity index (χ0v) is 18.3. The van der Waals surface area contributed by atoms with Gasteiger partial charge in [0.1, 0.15) is 12.1 Å². The second kappa shape index (κ2) is 8.05. The Morgan fingerprint density at radius 2 is 1.77 bits per heavy atom. The van der Waals surface area contributed by atoms with Crippen LogP contribution in [-0.2, 0) is 15.1 Å². The number of carbonyl (C=O) groups excluding carboxylic acids is 3. The highest BCUT2D eigenvalue weighted by Crippen LogP contribution is 2.36. The van der Waals surface area contributed by atoms with E-state index >= 15 is 0 Å². The fourth-order valence-corrected chi connectivity index (χ4v) is 5.30. The minimum Gasteiger partial charge on any atom is -0.341 e. The molecular formula is C24H33N3O3. The number of amides is 4. The third-order valence-electron chi connectivity index (χ3n) is 7.37. The summed E-state index contributed by atoms with van der Waals surface area (Å²) in [6.45, 7) is 7.27. The molecule has 1 saturated carbocycles.